The summed E-state index contributed by atoms with van der Waals surface area (Å²) in [5.74, 6) is 0.162. The first-order valence-electron chi connectivity index (χ1n) is 9.71. The van der Waals surface area contributed by atoms with Crippen molar-refractivity contribution in [1.29, 1.82) is 0 Å². The summed E-state index contributed by atoms with van der Waals surface area (Å²) in [7, 11) is 0. The minimum absolute atomic E-state index is 0.218. The maximum atomic E-state index is 13.1. The van der Waals surface area contributed by atoms with Crippen molar-refractivity contribution in [2.24, 2.45) is 0 Å². The van der Waals surface area contributed by atoms with Gasteiger partial charge in [0, 0.05) is 36.1 Å². The lowest BCUT2D eigenvalue weighted by Crippen LogP contribution is -2.11. The van der Waals surface area contributed by atoms with Gasteiger partial charge >= 0.3 is 0 Å². The number of carbonyl (C=O) groups is 1. The summed E-state index contributed by atoms with van der Waals surface area (Å²) in [6.07, 6.45) is 4.02. The third-order valence-electron chi connectivity index (χ3n) is 4.54. The molecule has 156 valence electrons. The number of benzene rings is 2. The van der Waals surface area contributed by atoms with Crippen LogP contribution in [-0.2, 0) is 13.0 Å². The molecule has 4 rings (SSSR count). The summed E-state index contributed by atoms with van der Waals surface area (Å²) in [5, 5.41) is 3.72. The highest BCUT2D eigenvalue weighted by Crippen LogP contribution is 2.24. The van der Waals surface area contributed by atoms with Crippen LogP contribution in [0, 0.1) is 12.7 Å². The van der Waals surface area contributed by atoms with E-state index in [1.807, 2.05) is 37.3 Å². The first-order valence-corrected chi connectivity index (χ1v) is 10.5. The van der Waals surface area contributed by atoms with Gasteiger partial charge in [-0.15, -0.1) is 11.3 Å². The Balaban J connectivity index is 1.41. The summed E-state index contributed by atoms with van der Waals surface area (Å²) < 4.78 is 18.9. The van der Waals surface area contributed by atoms with Gasteiger partial charge in [-0.2, -0.15) is 0 Å². The number of hydrogen-bond donors (Lipinski definition) is 1. The molecule has 0 unspecified atom stereocenters. The minimum atomic E-state index is -0.272. The Kier molecular flexibility index (Phi) is 6.33. The molecule has 0 saturated carbocycles. The Morgan fingerprint density at radius 1 is 1.10 bits per heavy atom. The number of nitrogens with one attached hydrogen (secondary N) is 1. The number of rotatable bonds is 7. The average Bonchev–Trinajstić information content (AvgIpc) is 3.15. The van der Waals surface area contributed by atoms with Crippen LogP contribution < -0.4 is 10.1 Å². The van der Waals surface area contributed by atoms with Gasteiger partial charge in [0.1, 0.15) is 23.1 Å². The van der Waals surface area contributed by atoms with Crippen molar-refractivity contribution in [2.75, 3.05) is 5.32 Å². The molecule has 0 fully saturated rings. The fourth-order valence-corrected chi connectivity index (χ4v) is 4.01. The molecule has 0 saturated heterocycles. The summed E-state index contributed by atoms with van der Waals surface area (Å²) in [6.45, 7) is 2.21. The first kappa shape index (κ1) is 20.7. The Hall–Kier alpha value is -3.58. The standard InChI is InChI=1S/C24H20FN3O2S/c1-16-23(31-22(27-16)12-17-7-9-19(25)10-8-17)24(29)28-20-5-2-6-21(13-20)30-15-18-4-3-11-26-14-18/h2-11,13-14H,12,15H2,1H3,(H,28,29). The largest absolute Gasteiger partial charge is 0.489 e. The van der Waals surface area contributed by atoms with E-state index in [1.54, 1.807) is 30.6 Å². The number of pyridine rings is 1. The van der Waals surface area contributed by atoms with Gasteiger partial charge in [0.25, 0.3) is 5.91 Å². The molecular weight excluding hydrogens is 413 g/mol. The molecule has 31 heavy (non-hydrogen) atoms. The number of thiazole rings is 1. The summed E-state index contributed by atoms with van der Waals surface area (Å²) >= 11 is 1.34. The number of nitrogens with zero attached hydrogens (tertiary/aromatic N) is 2. The first-order chi connectivity index (χ1) is 15.1. The van der Waals surface area contributed by atoms with E-state index in [2.05, 4.69) is 15.3 Å². The fourth-order valence-electron chi connectivity index (χ4n) is 3.02. The predicted octanol–water partition coefficient (Wildman–Crippen LogP) is 5.41. The van der Waals surface area contributed by atoms with Crippen LogP contribution in [0.5, 0.6) is 5.75 Å². The van der Waals surface area contributed by atoms with E-state index in [0.29, 0.717) is 35.0 Å². The van der Waals surface area contributed by atoms with E-state index in [-0.39, 0.29) is 11.7 Å². The van der Waals surface area contributed by atoms with Crippen LogP contribution in [0.3, 0.4) is 0 Å². The van der Waals surface area contributed by atoms with Crippen LogP contribution in [0.15, 0.2) is 73.1 Å². The quantitative estimate of drug-likeness (QED) is 0.423. The van der Waals surface area contributed by atoms with Gasteiger partial charge in [-0.05, 0) is 42.8 Å². The molecule has 2 heterocycles. The summed E-state index contributed by atoms with van der Waals surface area (Å²) in [6, 6.07) is 17.4. The molecule has 0 aliphatic carbocycles. The lowest BCUT2D eigenvalue weighted by molar-refractivity contribution is 0.103. The molecule has 0 spiro atoms. The van der Waals surface area contributed by atoms with E-state index < -0.39 is 0 Å². The average molecular weight is 434 g/mol. The second-order valence-electron chi connectivity index (χ2n) is 6.96. The Labute approximate surface area is 183 Å². The zero-order chi connectivity index (χ0) is 21.6. The zero-order valence-electron chi connectivity index (χ0n) is 16.8. The Morgan fingerprint density at radius 2 is 1.94 bits per heavy atom. The maximum absolute atomic E-state index is 13.1. The molecular formula is C24H20FN3O2S. The minimum Gasteiger partial charge on any atom is -0.489 e. The smallest absolute Gasteiger partial charge is 0.267 e. The molecule has 0 aliphatic heterocycles. The Bertz CT molecular complexity index is 1180. The lowest BCUT2D eigenvalue weighted by Gasteiger charge is -2.09. The number of hydrogen-bond acceptors (Lipinski definition) is 5. The Morgan fingerprint density at radius 3 is 2.71 bits per heavy atom. The van der Waals surface area contributed by atoms with Crippen LogP contribution in [0.1, 0.15) is 31.5 Å². The van der Waals surface area contributed by atoms with Crippen LogP contribution in [-0.4, -0.2) is 15.9 Å². The number of aryl methyl sites for hydroxylation is 1. The van der Waals surface area contributed by atoms with Gasteiger partial charge in [0.15, 0.2) is 0 Å². The molecule has 0 bridgehead atoms. The van der Waals surface area contributed by atoms with Gasteiger partial charge in [-0.3, -0.25) is 9.78 Å². The van der Waals surface area contributed by atoms with Crippen LogP contribution in [0.4, 0.5) is 10.1 Å². The molecule has 0 atom stereocenters. The van der Waals surface area contributed by atoms with E-state index in [0.717, 1.165) is 16.1 Å². The van der Waals surface area contributed by atoms with Gasteiger partial charge in [0.2, 0.25) is 0 Å². The molecule has 1 amide bonds. The highest BCUT2D eigenvalue weighted by molar-refractivity contribution is 7.14. The highest BCUT2D eigenvalue weighted by atomic mass is 32.1. The van der Waals surface area contributed by atoms with Gasteiger partial charge in [0.05, 0.1) is 10.7 Å². The predicted molar refractivity (Wildman–Crippen MR) is 119 cm³/mol. The number of anilines is 1. The summed E-state index contributed by atoms with van der Waals surface area (Å²) in [5.41, 5.74) is 3.22. The molecule has 0 aliphatic rings. The van der Waals surface area contributed by atoms with Crippen LogP contribution in [0.25, 0.3) is 0 Å². The normalized spacial score (nSPS) is 10.6. The molecule has 2 aromatic carbocycles. The van der Waals surface area contributed by atoms with E-state index in [1.165, 1.54) is 23.5 Å². The fraction of sp³-hybridized carbons (Fsp3) is 0.125. The van der Waals surface area contributed by atoms with E-state index in [9.17, 15) is 9.18 Å². The maximum Gasteiger partial charge on any atom is 0.267 e. The SMILES string of the molecule is Cc1nc(Cc2ccc(F)cc2)sc1C(=O)Nc1cccc(OCc2cccnc2)c1. The lowest BCUT2D eigenvalue weighted by atomic mass is 10.1. The van der Waals surface area contributed by atoms with Crippen molar-refractivity contribution in [3.05, 3.63) is 106 Å². The van der Waals surface area contributed by atoms with Crippen molar-refractivity contribution in [2.45, 2.75) is 20.0 Å². The van der Waals surface area contributed by atoms with Crippen LogP contribution >= 0.6 is 11.3 Å². The third-order valence-corrected chi connectivity index (χ3v) is 5.69. The van der Waals surface area contributed by atoms with E-state index >= 15 is 0 Å². The van der Waals surface area contributed by atoms with E-state index in [4.69, 9.17) is 4.74 Å². The van der Waals surface area contributed by atoms with Crippen LogP contribution in [0.2, 0.25) is 0 Å². The van der Waals surface area contributed by atoms with Crippen molar-refractivity contribution < 1.29 is 13.9 Å². The van der Waals surface area contributed by atoms with Crippen molar-refractivity contribution in [3.63, 3.8) is 0 Å². The number of ether oxygens (including phenoxy) is 1. The van der Waals surface area contributed by atoms with Gasteiger partial charge < -0.3 is 10.1 Å². The molecule has 1 N–H and O–H groups in total. The van der Waals surface area contributed by atoms with Crippen molar-refractivity contribution in [3.8, 4) is 5.75 Å². The molecule has 5 nitrogen and oxygen atoms in total. The second kappa shape index (κ2) is 9.49. The van der Waals surface area contributed by atoms with Crippen molar-refractivity contribution >= 4 is 22.9 Å². The topological polar surface area (TPSA) is 64.1 Å². The molecule has 0 radical (unpaired) electrons. The van der Waals surface area contributed by atoms with Crippen molar-refractivity contribution in [1.82, 2.24) is 9.97 Å². The third kappa shape index (κ3) is 5.52. The van der Waals surface area contributed by atoms with Gasteiger partial charge in [-0.25, -0.2) is 9.37 Å². The highest BCUT2D eigenvalue weighted by Gasteiger charge is 2.16. The number of aromatic nitrogens is 2. The zero-order valence-corrected chi connectivity index (χ0v) is 17.7. The summed E-state index contributed by atoms with van der Waals surface area (Å²) in [4.78, 5) is 21.9. The molecule has 7 heteroatoms. The number of amides is 1. The molecule has 4 aromatic rings. The number of carbonyl (C=O) groups excluding carboxylic acids is 1. The van der Waals surface area contributed by atoms with Gasteiger partial charge in [-0.1, -0.05) is 24.3 Å². The molecule has 2 aromatic heterocycles. The monoisotopic (exact) mass is 433 g/mol. The second-order valence-corrected chi connectivity index (χ2v) is 8.04. The number of halogens is 1.